The summed E-state index contributed by atoms with van der Waals surface area (Å²) in [6.07, 6.45) is 1.06. The van der Waals surface area contributed by atoms with E-state index < -0.39 is 12.4 Å². The Labute approximate surface area is 221 Å². The molecular formula is C32H41NO4. The number of esters is 1. The molecule has 0 spiro atoms. The second kappa shape index (κ2) is 13.3. The van der Waals surface area contributed by atoms with E-state index in [2.05, 4.69) is 55.5 Å². The molecule has 5 nitrogen and oxygen atoms in total. The van der Waals surface area contributed by atoms with Gasteiger partial charge in [0.25, 0.3) is 0 Å². The lowest BCUT2D eigenvalue weighted by atomic mass is 9.94. The first-order chi connectivity index (χ1) is 17.7. The van der Waals surface area contributed by atoms with Crippen molar-refractivity contribution < 1.29 is 19.1 Å². The van der Waals surface area contributed by atoms with Crippen LogP contribution < -0.4 is 0 Å². The zero-order valence-electron chi connectivity index (χ0n) is 23.1. The first kappa shape index (κ1) is 28.2. The fraction of sp³-hybridized carbons (Fsp3) is 0.438. The average molecular weight is 504 g/mol. The van der Waals surface area contributed by atoms with Crippen LogP contribution in [0.15, 0.2) is 66.7 Å². The van der Waals surface area contributed by atoms with Crippen molar-refractivity contribution in [3.8, 4) is 0 Å². The summed E-state index contributed by atoms with van der Waals surface area (Å²) in [4.78, 5) is 27.7. The molecule has 3 aromatic carbocycles. The van der Waals surface area contributed by atoms with E-state index >= 15 is 0 Å². The highest BCUT2D eigenvalue weighted by molar-refractivity contribution is 5.86. The van der Waals surface area contributed by atoms with Gasteiger partial charge in [0.2, 0.25) is 6.29 Å². The normalized spacial score (nSPS) is 14.4. The number of hydrogen-bond donors (Lipinski definition) is 0. The Morgan fingerprint density at radius 2 is 1.59 bits per heavy atom. The highest BCUT2D eigenvalue weighted by Gasteiger charge is 2.28. The Balaban J connectivity index is 1.77. The van der Waals surface area contributed by atoms with E-state index in [0.29, 0.717) is 6.54 Å². The van der Waals surface area contributed by atoms with Crippen molar-refractivity contribution in [1.82, 2.24) is 4.90 Å². The van der Waals surface area contributed by atoms with Gasteiger partial charge < -0.3 is 14.4 Å². The summed E-state index contributed by atoms with van der Waals surface area (Å²) in [6, 6.07) is 22.6. The summed E-state index contributed by atoms with van der Waals surface area (Å²) in [5, 5.41) is 2.23. The number of amides is 1. The molecule has 3 rings (SSSR count). The molecule has 0 saturated heterocycles. The quantitative estimate of drug-likeness (QED) is 0.197. The minimum atomic E-state index is -0.967. The van der Waals surface area contributed by atoms with Crippen molar-refractivity contribution in [2.45, 2.75) is 73.1 Å². The molecule has 0 aliphatic rings. The van der Waals surface area contributed by atoms with Crippen LogP contribution in [0.4, 0.5) is 4.79 Å². The van der Waals surface area contributed by atoms with Crippen molar-refractivity contribution in [1.29, 1.82) is 0 Å². The molecule has 198 valence electrons. The molecular weight excluding hydrogens is 462 g/mol. The number of fused-ring (bicyclic) bond motifs is 1. The first-order valence-corrected chi connectivity index (χ1v) is 13.4. The maximum atomic E-state index is 13.5. The number of aryl methyl sites for hydroxylation is 2. The molecule has 37 heavy (non-hydrogen) atoms. The number of ether oxygens (including phenoxy) is 2. The van der Waals surface area contributed by atoms with Gasteiger partial charge in [-0.1, -0.05) is 99.5 Å². The van der Waals surface area contributed by atoms with Crippen LogP contribution in [0.25, 0.3) is 10.8 Å². The summed E-state index contributed by atoms with van der Waals surface area (Å²) in [6.45, 7) is 12.1. The van der Waals surface area contributed by atoms with E-state index in [4.69, 9.17) is 9.47 Å². The molecule has 3 unspecified atom stereocenters. The topological polar surface area (TPSA) is 55.8 Å². The average Bonchev–Trinajstić information content (AvgIpc) is 2.89. The van der Waals surface area contributed by atoms with Crippen molar-refractivity contribution in [3.05, 3.63) is 83.4 Å². The number of benzene rings is 3. The van der Waals surface area contributed by atoms with Gasteiger partial charge in [-0.3, -0.25) is 4.79 Å². The van der Waals surface area contributed by atoms with Crippen LogP contribution in [0.2, 0.25) is 0 Å². The lowest BCUT2D eigenvalue weighted by Crippen LogP contribution is -2.38. The van der Waals surface area contributed by atoms with E-state index in [1.165, 1.54) is 11.1 Å². The van der Waals surface area contributed by atoms with Gasteiger partial charge in [-0.25, -0.2) is 4.79 Å². The highest BCUT2D eigenvalue weighted by atomic mass is 16.7. The molecule has 0 fully saturated rings. The Morgan fingerprint density at radius 1 is 0.892 bits per heavy atom. The minimum Gasteiger partial charge on any atom is -0.425 e. The molecule has 0 aliphatic heterocycles. The molecule has 5 heteroatoms. The molecule has 0 N–H and O–H groups in total. The summed E-state index contributed by atoms with van der Waals surface area (Å²) in [5.74, 6) is -0.408. The number of hydrogen-bond acceptors (Lipinski definition) is 4. The third kappa shape index (κ3) is 7.58. The van der Waals surface area contributed by atoms with E-state index in [9.17, 15) is 9.59 Å². The van der Waals surface area contributed by atoms with Gasteiger partial charge in [0.05, 0.1) is 12.0 Å². The van der Waals surface area contributed by atoms with Gasteiger partial charge in [-0.2, -0.15) is 0 Å². The monoisotopic (exact) mass is 503 g/mol. The zero-order chi connectivity index (χ0) is 26.9. The summed E-state index contributed by atoms with van der Waals surface area (Å²) < 4.78 is 11.2. The van der Waals surface area contributed by atoms with Crippen LogP contribution in [-0.4, -0.2) is 29.8 Å². The second-order valence-electron chi connectivity index (χ2n) is 10.1. The predicted molar refractivity (Wildman–Crippen MR) is 149 cm³/mol. The summed E-state index contributed by atoms with van der Waals surface area (Å²) in [5.41, 5.74) is 3.52. The predicted octanol–water partition coefficient (Wildman–Crippen LogP) is 7.85. The largest absolute Gasteiger partial charge is 0.425 e. The van der Waals surface area contributed by atoms with E-state index in [0.717, 1.165) is 35.6 Å². The van der Waals surface area contributed by atoms with Gasteiger partial charge in [0, 0.05) is 13.5 Å². The minimum absolute atomic E-state index is 0.194. The fourth-order valence-electron chi connectivity index (χ4n) is 4.64. The molecule has 0 saturated carbocycles. The van der Waals surface area contributed by atoms with Gasteiger partial charge >= 0.3 is 12.1 Å². The van der Waals surface area contributed by atoms with Crippen molar-refractivity contribution >= 4 is 22.8 Å². The Hall–Kier alpha value is -3.34. The molecule has 0 aromatic heterocycles. The number of carbonyl (C=O) groups excluding carboxylic acids is 2. The number of carbonyl (C=O) groups is 2. The van der Waals surface area contributed by atoms with Gasteiger partial charge in [0.1, 0.15) is 0 Å². The Kier molecular flexibility index (Phi) is 10.1. The van der Waals surface area contributed by atoms with Crippen LogP contribution in [-0.2, 0) is 20.7 Å². The van der Waals surface area contributed by atoms with Gasteiger partial charge in [0.15, 0.2) is 0 Å². The van der Waals surface area contributed by atoms with E-state index in [-0.39, 0.29) is 23.8 Å². The standard InChI is InChI=1S/C32H41NO4/c1-7-23(3)24(4)31(34)36-26(6)37-32(35)33(20-12-15-27-14-10-13-22(2)21-27)25(5)29-19-11-17-28-16-8-9-18-30(28)29/h8-11,13-14,16-19,21,23-26H,7,12,15,20H2,1-6H3/t23?,24?,25-,26?/m1/s1. The number of rotatable bonds is 11. The third-order valence-electron chi connectivity index (χ3n) is 7.34. The molecule has 0 radical (unpaired) electrons. The summed E-state index contributed by atoms with van der Waals surface area (Å²) in [7, 11) is 0. The van der Waals surface area contributed by atoms with Crippen LogP contribution >= 0.6 is 0 Å². The highest BCUT2D eigenvalue weighted by Crippen LogP contribution is 2.29. The molecule has 0 aliphatic carbocycles. The Bertz CT molecular complexity index is 1180. The molecule has 0 bridgehead atoms. The van der Waals surface area contributed by atoms with Crippen molar-refractivity contribution in [3.63, 3.8) is 0 Å². The molecule has 1 amide bonds. The molecule has 3 aromatic rings. The van der Waals surface area contributed by atoms with Crippen LogP contribution in [0, 0.1) is 18.8 Å². The molecule has 4 atom stereocenters. The van der Waals surface area contributed by atoms with Crippen LogP contribution in [0.1, 0.15) is 70.2 Å². The van der Waals surface area contributed by atoms with Gasteiger partial charge in [-0.15, -0.1) is 0 Å². The maximum absolute atomic E-state index is 13.5. The number of nitrogens with zero attached hydrogens (tertiary/aromatic N) is 1. The second-order valence-corrected chi connectivity index (χ2v) is 10.1. The van der Waals surface area contributed by atoms with Crippen molar-refractivity contribution in [2.24, 2.45) is 11.8 Å². The zero-order valence-corrected chi connectivity index (χ0v) is 23.1. The first-order valence-electron chi connectivity index (χ1n) is 13.4. The smallest absolute Gasteiger partial charge is 0.413 e. The lowest BCUT2D eigenvalue weighted by Gasteiger charge is -2.31. The van der Waals surface area contributed by atoms with Crippen molar-refractivity contribution in [2.75, 3.05) is 6.54 Å². The molecule has 0 heterocycles. The third-order valence-corrected chi connectivity index (χ3v) is 7.34. The van der Waals surface area contributed by atoms with E-state index in [1.54, 1.807) is 11.8 Å². The van der Waals surface area contributed by atoms with Gasteiger partial charge in [-0.05, 0) is 54.5 Å². The van der Waals surface area contributed by atoms with E-state index in [1.807, 2.05) is 45.9 Å². The SMILES string of the molecule is CCC(C)C(C)C(=O)OC(C)OC(=O)N(CCCc1cccc(C)c1)[C@H](C)c1cccc2ccccc12. The summed E-state index contributed by atoms with van der Waals surface area (Å²) >= 11 is 0. The van der Waals surface area contributed by atoms with Crippen LogP contribution in [0.3, 0.4) is 0 Å². The fourth-order valence-corrected chi connectivity index (χ4v) is 4.64. The lowest BCUT2D eigenvalue weighted by molar-refractivity contribution is -0.172. The Morgan fingerprint density at radius 3 is 2.32 bits per heavy atom. The maximum Gasteiger partial charge on any atom is 0.413 e. The van der Waals surface area contributed by atoms with Crippen LogP contribution in [0.5, 0.6) is 0 Å².